The van der Waals surface area contributed by atoms with Gasteiger partial charge in [0.05, 0.1) is 0 Å². The minimum atomic E-state index is -0.800. The molecule has 0 heterocycles. The molecule has 0 aromatic heterocycles. The summed E-state index contributed by atoms with van der Waals surface area (Å²) in [6.07, 6.45) is 80.4. The smallest absolute Gasteiger partial charge is 0.306 e. The molecule has 1 atom stereocenters. The summed E-state index contributed by atoms with van der Waals surface area (Å²) in [4.78, 5) is 37.9. The first kappa shape index (κ1) is 65.5. The highest BCUT2D eigenvalue weighted by atomic mass is 16.6. The summed E-state index contributed by atoms with van der Waals surface area (Å²) in [7, 11) is 0. The lowest BCUT2D eigenvalue weighted by Crippen LogP contribution is -2.30. The second-order valence-electron chi connectivity index (χ2n) is 18.1. The van der Waals surface area contributed by atoms with Crippen molar-refractivity contribution in [3.8, 4) is 0 Å². The first-order valence-electron chi connectivity index (χ1n) is 28.2. The molecular formula is C64H102O6. The van der Waals surface area contributed by atoms with Crippen LogP contribution >= 0.6 is 0 Å². The van der Waals surface area contributed by atoms with Gasteiger partial charge in [0.1, 0.15) is 13.2 Å². The van der Waals surface area contributed by atoms with E-state index in [4.69, 9.17) is 14.2 Å². The van der Waals surface area contributed by atoms with Crippen molar-refractivity contribution in [2.75, 3.05) is 13.2 Å². The molecule has 0 spiro atoms. The Balaban J connectivity index is 4.24. The summed E-state index contributed by atoms with van der Waals surface area (Å²) in [5, 5.41) is 0. The van der Waals surface area contributed by atoms with E-state index in [2.05, 4.69) is 154 Å². The van der Waals surface area contributed by atoms with Crippen LogP contribution in [0, 0.1) is 0 Å². The minimum absolute atomic E-state index is 0.0981. The molecule has 0 aliphatic heterocycles. The third-order valence-electron chi connectivity index (χ3n) is 11.4. The molecule has 394 valence electrons. The predicted octanol–water partition coefficient (Wildman–Crippen LogP) is 19.0. The summed E-state index contributed by atoms with van der Waals surface area (Å²) >= 11 is 0. The van der Waals surface area contributed by atoms with E-state index in [0.717, 1.165) is 141 Å². The number of carbonyl (C=O) groups is 3. The van der Waals surface area contributed by atoms with Gasteiger partial charge in [0.15, 0.2) is 6.10 Å². The molecule has 6 nitrogen and oxygen atoms in total. The quantitative estimate of drug-likeness (QED) is 0.0262. The van der Waals surface area contributed by atoms with Crippen LogP contribution in [0.2, 0.25) is 0 Å². The number of unbranched alkanes of at least 4 members (excludes halogenated alkanes) is 16. The first-order chi connectivity index (χ1) is 34.5. The highest BCUT2D eigenvalue weighted by Gasteiger charge is 2.19. The van der Waals surface area contributed by atoms with Crippen molar-refractivity contribution in [1.82, 2.24) is 0 Å². The number of allylic oxidation sites excluding steroid dienone is 22. The van der Waals surface area contributed by atoms with Crippen LogP contribution in [0.3, 0.4) is 0 Å². The average molecular weight is 968 g/mol. The molecule has 6 heteroatoms. The highest BCUT2D eigenvalue weighted by Crippen LogP contribution is 2.13. The normalized spacial score (nSPS) is 13.1. The van der Waals surface area contributed by atoms with Crippen molar-refractivity contribution in [3.63, 3.8) is 0 Å². The fraction of sp³-hybridized carbons (Fsp3) is 0.609. The van der Waals surface area contributed by atoms with E-state index in [1.165, 1.54) is 51.4 Å². The summed E-state index contributed by atoms with van der Waals surface area (Å²) < 4.78 is 16.7. The van der Waals surface area contributed by atoms with E-state index in [9.17, 15) is 14.4 Å². The largest absolute Gasteiger partial charge is 0.462 e. The van der Waals surface area contributed by atoms with Gasteiger partial charge >= 0.3 is 17.9 Å². The van der Waals surface area contributed by atoms with Crippen LogP contribution in [0.25, 0.3) is 0 Å². The number of ether oxygens (including phenoxy) is 3. The second-order valence-corrected chi connectivity index (χ2v) is 18.1. The van der Waals surface area contributed by atoms with Crippen LogP contribution in [-0.2, 0) is 28.6 Å². The molecule has 0 aliphatic carbocycles. The Hall–Kier alpha value is -4.45. The Morgan fingerprint density at radius 3 is 0.886 bits per heavy atom. The van der Waals surface area contributed by atoms with Gasteiger partial charge in [-0.3, -0.25) is 14.4 Å². The van der Waals surface area contributed by atoms with Crippen LogP contribution in [0.4, 0.5) is 0 Å². The van der Waals surface area contributed by atoms with Gasteiger partial charge in [-0.1, -0.05) is 231 Å². The lowest BCUT2D eigenvalue weighted by molar-refractivity contribution is -0.167. The van der Waals surface area contributed by atoms with Gasteiger partial charge < -0.3 is 14.2 Å². The summed E-state index contributed by atoms with van der Waals surface area (Å²) in [5.41, 5.74) is 0. The first-order valence-corrected chi connectivity index (χ1v) is 28.2. The number of hydrogen-bond donors (Lipinski definition) is 0. The maximum Gasteiger partial charge on any atom is 0.306 e. The Kier molecular flexibility index (Phi) is 53.5. The maximum absolute atomic E-state index is 12.8. The van der Waals surface area contributed by atoms with Crippen LogP contribution in [0.5, 0.6) is 0 Å². The van der Waals surface area contributed by atoms with E-state index in [0.29, 0.717) is 12.8 Å². The molecule has 1 unspecified atom stereocenters. The van der Waals surface area contributed by atoms with Gasteiger partial charge in [0.2, 0.25) is 0 Å². The monoisotopic (exact) mass is 967 g/mol. The molecule has 0 saturated heterocycles. The molecule has 0 fully saturated rings. The van der Waals surface area contributed by atoms with Gasteiger partial charge in [-0.2, -0.15) is 0 Å². The van der Waals surface area contributed by atoms with Gasteiger partial charge in [-0.05, 0) is 116 Å². The van der Waals surface area contributed by atoms with Crippen molar-refractivity contribution in [2.24, 2.45) is 0 Å². The minimum Gasteiger partial charge on any atom is -0.462 e. The molecule has 0 amide bonds. The maximum atomic E-state index is 12.8. The number of hydrogen-bond acceptors (Lipinski definition) is 6. The number of rotatable bonds is 49. The van der Waals surface area contributed by atoms with Crippen molar-refractivity contribution in [3.05, 3.63) is 134 Å². The van der Waals surface area contributed by atoms with Crippen molar-refractivity contribution in [2.45, 2.75) is 239 Å². The fourth-order valence-electron chi connectivity index (χ4n) is 7.24. The standard InChI is InChI=1S/C64H102O6/c1-4-7-10-13-16-18-20-22-24-26-28-29-30-31-32-33-34-35-37-38-40-42-44-46-48-51-54-57-63(66)69-60-61(59-68-62(65)56-53-50-15-12-9-6-3)70-64(67)58-55-52-49-47-45-43-41-39-36-27-25-23-21-19-17-14-11-8-5-2/h7-8,10-11,16-19,22-25,28-29,31-32,34-36,39,43,45,61H,4-6,9,12-15,20-21,26-27,30,33,37-38,40-42,44,46-60H2,1-3H3/b10-7-,11-8-,18-16-,19-17-,24-22-,25-23-,29-28-,32-31-,35-34-,39-36-,45-43-. The van der Waals surface area contributed by atoms with Crippen LogP contribution in [0.1, 0.15) is 233 Å². The van der Waals surface area contributed by atoms with E-state index in [1.54, 1.807) is 0 Å². The number of carbonyl (C=O) groups excluding carboxylic acids is 3. The Morgan fingerprint density at radius 2 is 0.557 bits per heavy atom. The fourth-order valence-corrected chi connectivity index (χ4v) is 7.24. The molecule has 0 rings (SSSR count). The molecule has 0 aromatic carbocycles. The SMILES string of the molecule is CC/C=C\C/C=C\C/C=C\C/C=C\C/C=C\C/C=C\CCCCCCCCCCC(=O)OCC(COC(=O)CCCCCCCC)OC(=O)CCCCC/C=C\C/C=C\C/C=C\C/C=C\C/C=C\CC. The van der Waals surface area contributed by atoms with E-state index in [1.807, 2.05) is 0 Å². The lowest BCUT2D eigenvalue weighted by Gasteiger charge is -2.18. The molecule has 0 bridgehead atoms. The molecule has 0 saturated carbocycles. The molecule has 0 radical (unpaired) electrons. The van der Waals surface area contributed by atoms with E-state index < -0.39 is 6.10 Å². The van der Waals surface area contributed by atoms with Crippen LogP contribution in [0.15, 0.2) is 134 Å². The zero-order valence-corrected chi connectivity index (χ0v) is 45.0. The highest BCUT2D eigenvalue weighted by molar-refractivity contribution is 5.71. The third-order valence-corrected chi connectivity index (χ3v) is 11.4. The molecule has 70 heavy (non-hydrogen) atoms. The zero-order valence-electron chi connectivity index (χ0n) is 45.0. The third kappa shape index (κ3) is 54.5. The predicted molar refractivity (Wildman–Crippen MR) is 302 cm³/mol. The van der Waals surface area contributed by atoms with Gasteiger partial charge in [0, 0.05) is 19.3 Å². The number of esters is 3. The summed E-state index contributed by atoms with van der Waals surface area (Å²) in [5.74, 6) is -0.955. The van der Waals surface area contributed by atoms with E-state index >= 15 is 0 Å². The van der Waals surface area contributed by atoms with Crippen LogP contribution in [-0.4, -0.2) is 37.2 Å². The molecule has 0 N–H and O–H groups in total. The van der Waals surface area contributed by atoms with Crippen molar-refractivity contribution in [1.29, 1.82) is 0 Å². The Bertz CT molecular complexity index is 1530. The summed E-state index contributed by atoms with van der Waals surface area (Å²) in [6.45, 7) is 6.30. The molecule has 0 aromatic rings. The van der Waals surface area contributed by atoms with Crippen molar-refractivity contribution >= 4 is 17.9 Å². The molecular weight excluding hydrogens is 865 g/mol. The lowest BCUT2D eigenvalue weighted by atomic mass is 10.1. The topological polar surface area (TPSA) is 78.9 Å². The zero-order chi connectivity index (χ0) is 50.7. The van der Waals surface area contributed by atoms with E-state index in [-0.39, 0.29) is 37.5 Å². The van der Waals surface area contributed by atoms with Gasteiger partial charge in [-0.25, -0.2) is 0 Å². The van der Waals surface area contributed by atoms with Gasteiger partial charge in [0.25, 0.3) is 0 Å². The van der Waals surface area contributed by atoms with Gasteiger partial charge in [-0.15, -0.1) is 0 Å². The van der Waals surface area contributed by atoms with Crippen LogP contribution < -0.4 is 0 Å². The van der Waals surface area contributed by atoms with Crippen molar-refractivity contribution < 1.29 is 28.6 Å². The summed E-state index contributed by atoms with van der Waals surface area (Å²) in [6, 6.07) is 0. The molecule has 0 aliphatic rings. The Morgan fingerprint density at radius 1 is 0.300 bits per heavy atom. The average Bonchev–Trinajstić information content (AvgIpc) is 3.36. The Labute approximate surface area is 430 Å². The second kappa shape index (κ2) is 57.1.